The summed E-state index contributed by atoms with van der Waals surface area (Å²) in [6, 6.07) is 0. The molecule has 0 aromatic carbocycles. The lowest BCUT2D eigenvalue weighted by Crippen LogP contribution is -2.46. The van der Waals surface area contributed by atoms with E-state index in [4.69, 9.17) is 9.78 Å². The first-order valence-corrected chi connectivity index (χ1v) is 7.74. The second-order valence-electron chi connectivity index (χ2n) is 7.36. The van der Waals surface area contributed by atoms with Crippen LogP contribution in [0.15, 0.2) is 0 Å². The van der Waals surface area contributed by atoms with Gasteiger partial charge in [0.05, 0.1) is 0 Å². The zero-order valence-corrected chi connectivity index (χ0v) is 14.4. The van der Waals surface area contributed by atoms with Crippen molar-refractivity contribution in [3.63, 3.8) is 0 Å². The summed E-state index contributed by atoms with van der Waals surface area (Å²) in [5.41, 5.74) is 0. The van der Waals surface area contributed by atoms with E-state index < -0.39 is 11.6 Å². The highest BCUT2D eigenvalue weighted by Crippen LogP contribution is 2.33. The van der Waals surface area contributed by atoms with E-state index in [0.717, 1.165) is 0 Å². The molecule has 2 atom stereocenters. The molecule has 0 aliphatic heterocycles. The number of hydrogen-bond donors (Lipinski definition) is 2. The molecular formula is C16H34O4. The molecule has 4 nitrogen and oxygen atoms in total. The van der Waals surface area contributed by atoms with Crippen molar-refractivity contribution in [1.29, 1.82) is 0 Å². The fraction of sp³-hybridized carbons (Fsp3) is 1.00. The molecule has 0 aromatic heterocycles. The van der Waals surface area contributed by atoms with E-state index in [9.17, 15) is 10.2 Å². The minimum atomic E-state index is -1.38. The summed E-state index contributed by atoms with van der Waals surface area (Å²) in [5.74, 6) is -2.48. The second kappa shape index (κ2) is 7.74. The Morgan fingerprint density at radius 3 is 1.05 bits per heavy atom. The van der Waals surface area contributed by atoms with E-state index in [0.29, 0.717) is 12.8 Å². The molecule has 0 radical (unpaired) electrons. The van der Waals surface area contributed by atoms with Crippen LogP contribution in [0.5, 0.6) is 0 Å². The molecule has 0 aliphatic rings. The van der Waals surface area contributed by atoms with Crippen molar-refractivity contribution in [2.24, 2.45) is 23.7 Å². The molecule has 0 spiro atoms. The Kier molecular flexibility index (Phi) is 7.67. The summed E-state index contributed by atoms with van der Waals surface area (Å²) in [6.07, 6.45) is 0.918. The zero-order valence-electron chi connectivity index (χ0n) is 14.4. The predicted molar refractivity (Wildman–Crippen MR) is 80.7 cm³/mol. The van der Waals surface area contributed by atoms with Crippen molar-refractivity contribution in [3.05, 3.63) is 0 Å². The fourth-order valence-corrected chi connectivity index (χ4v) is 2.05. The molecule has 20 heavy (non-hydrogen) atoms. The number of hydrogen-bond acceptors (Lipinski definition) is 4. The van der Waals surface area contributed by atoms with Gasteiger partial charge in [-0.15, -0.1) is 0 Å². The first kappa shape index (κ1) is 19.8. The molecular weight excluding hydrogens is 256 g/mol. The average Bonchev–Trinajstić information content (AvgIpc) is 2.24. The Bertz CT molecular complexity index is 248. The van der Waals surface area contributed by atoms with Gasteiger partial charge in [0.15, 0.2) is 0 Å². The Balaban J connectivity index is 4.88. The molecule has 0 saturated carbocycles. The Morgan fingerprint density at radius 2 is 0.900 bits per heavy atom. The first-order valence-electron chi connectivity index (χ1n) is 7.74. The Labute approximate surface area is 124 Å². The molecule has 0 bridgehead atoms. The maximum atomic E-state index is 10.6. The lowest BCUT2D eigenvalue weighted by molar-refractivity contribution is -0.512. The highest BCUT2D eigenvalue weighted by molar-refractivity contribution is 4.75. The van der Waals surface area contributed by atoms with Gasteiger partial charge in [0, 0.05) is 24.7 Å². The summed E-state index contributed by atoms with van der Waals surface area (Å²) in [7, 11) is 0. The predicted octanol–water partition coefficient (Wildman–Crippen LogP) is 3.72. The minimum absolute atomic E-state index is 0.125. The third kappa shape index (κ3) is 6.08. The maximum absolute atomic E-state index is 10.6. The average molecular weight is 290 g/mol. The molecule has 0 fully saturated rings. The van der Waals surface area contributed by atoms with Crippen LogP contribution >= 0.6 is 0 Å². The van der Waals surface area contributed by atoms with E-state index in [1.807, 2.05) is 55.4 Å². The van der Waals surface area contributed by atoms with Crippen molar-refractivity contribution >= 4 is 0 Å². The third-order valence-electron chi connectivity index (χ3n) is 3.54. The standard InChI is InChI=1S/C16H34O4/c1-11(2)9-15(17,13(5)6)19-20-16(18,14(7)8)10-12(3)4/h11-14,17-18H,9-10H2,1-8H3. The third-order valence-corrected chi connectivity index (χ3v) is 3.54. The highest BCUT2D eigenvalue weighted by Gasteiger charge is 2.41. The van der Waals surface area contributed by atoms with Gasteiger partial charge in [-0.25, -0.2) is 0 Å². The van der Waals surface area contributed by atoms with Gasteiger partial charge in [-0.1, -0.05) is 55.4 Å². The second-order valence-corrected chi connectivity index (χ2v) is 7.36. The van der Waals surface area contributed by atoms with Crippen molar-refractivity contribution in [3.8, 4) is 0 Å². The van der Waals surface area contributed by atoms with Crippen LogP contribution in [0.2, 0.25) is 0 Å². The molecule has 2 unspecified atom stereocenters. The minimum Gasteiger partial charge on any atom is -0.363 e. The van der Waals surface area contributed by atoms with Gasteiger partial charge in [0.2, 0.25) is 11.6 Å². The van der Waals surface area contributed by atoms with Gasteiger partial charge in [-0.2, -0.15) is 9.78 Å². The van der Waals surface area contributed by atoms with E-state index in [2.05, 4.69) is 0 Å². The molecule has 0 amide bonds. The normalized spacial score (nSPS) is 18.9. The van der Waals surface area contributed by atoms with Crippen LogP contribution < -0.4 is 0 Å². The summed E-state index contributed by atoms with van der Waals surface area (Å²) in [6.45, 7) is 15.6. The van der Waals surface area contributed by atoms with Crippen LogP contribution in [0.4, 0.5) is 0 Å². The zero-order chi connectivity index (χ0) is 16.1. The van der Waals surface area contributed by atoms with Gasteiger partial charge >= 0.3 is 0 Å². The molecule has 0 aromatic rings. The van der Waals surface area contributed by atoms with Gasteiger partial charge in [0.25, 0.3) is 0 Å². The molecule has 0 heterocycles. The molecule has 4 heteroatoms. The molecule has 0 saturated heterocycles. The summed E-state index contributed by atoms with van der Waals surface area (Å²) < 4.78 is 0. The van der Waals surface area contributed by atoms with Crippen LogP contribution in [0.25, 0.3) is 0 Å². The van der Waals surface area contributed by atoms with Crippen LogP contribution in [0.3, 0.4) is 0 Å². The number of rotatable bonds is 9. The van der Waals surface area contributed by atoms with Crippen LogP contribution in [-0.2, 0) is 9.78 Å². The Hall–Kier alpha value is -0.160. The van der Waals surface area contributed by atoms with Gasteiger partial charge in [-0.3, -0.25) is 0 Å². The summed E-state index contributed by atoms with van der Waals surface area (Å²) in [4.78, 5) is 10.7. The Morgan fingerprint density at radius 1 is 0.650 bits per heavy atom. The van der Waals surface area contributed by atoms with Crippen LogP contribution in [0, 0.1) is 23.7 Å². The van der Waals surface area contributed by atoms with Gasteiger partial charge in [0.1, 0.15) is 0 Å². The van der Waals surface area contributed by atoms with Crippen LogP contribution in [-0.4, -0.2) is 21.8 Å². The van der Waals surface area contributed by atoms with E-state index in [1.165, 1.54) is 0 Å². The summed E-state index contributed by atoms with van der Waals surface area (Å²) in [5, 5.41) is 21.2. The lowest BCUT2D eigenvalue weighted by Gasteiger charge is -2.38. The maximum Gasteiger partial charge on any atom is 0.201 e. The molecule has 0 rings (SSSR count). The topological polar surface area (TPSA) is 58.9 Å². The van der Waals surface area contributed by atoms with Crippen molar-refractivity contribution in [2.75, 3.05) is 0 Å². The highest BCUT2D eigenvalue weighted by atomic mass is 17.2. The van der Waals surface area contributed by atoms with Crippen molar-refractivity contribution in [1.82, 2.24) is 0 Å². The smallest absolute Gasteiger partial charge is 0.201 e. The monoisotopic (exact) mass is 290 g/mol. The molecule has 122 valence electrons. The quantitative estimate of drug-likeness (QED) is 0.386. The van der Waals surface area contributed by atoms with E-state index in [-0.39, 0.29) is 23.7 Å². The van der Waals surface area contributed by atoms with Gasteiger partial charge < -0.3 is 10.2 Å². The van der Waals surface area contributed by atoms with Crippen LogP contribution in [0.1, 0.15) is 68.2 Å². The number of aliphatic hydroxyl groups is 2. The van der Waals surface area contributed by atoms with Crippen molar-refractivity contribution in [2.45, 2.75) is 79.8 Å². The molecule has 0 aliphatic carbocycles. The van der Waals surface area contributed by atoms with E-state index >= 15 is 0 Å². The fourth-order valence-electron chi connectivity index (χ4n) is 2.05. The van der Waals surface area contributed by atoms with E-state index in [1.54, 1.807) is 0 Å². The lowest BCUT2D eigenvalue weighted by atomic mass is 9.93. The van der Waals surface area contributed by atoms with Gasteiger partial charge in [-0.05, 0) is 11.8 Å². The summed E-state index contributed by atoms with van der Waals surface area (Å²) >= 11 is 0. The molecule has 2 N–H and O–H groups in total. The first-order chi connectivity index (χ1) is 8.93. The largest absolute Gasteiger partial charge is 0.363 e. The SMILES string of the molecule is CC(C)CC(O)(OOC(O)(CC(C)C)C(C)C)C(C)C. The van der Waals surface area contributed by atoms with Crippen molar-refractivity contribution < 1.29 is 20.0 Å².